The molecule has 5 heteroatoms. The second kappa shape index (κ2) is 5.99. The maximum atomic E-state index is 11.7. The van der Waals surface area contributed by atoms with E-state index < -0.39 is 11.0 Å². The van der Waals surface area contributed by atoms with E-state index in [-0.39, 0.29) is 12.6 Å². The van der Waals surface area contributed by atoms with E-state index in [9.17, 15) is 9.90 Å². The van der Waals surface area contributed by atoms with Crippen molar-refractivity contribution in [2.75, 3.05) is 19.7 Å². The van der Waals surface area contributed by atoms with Crippen LogP contribution in [-0.2, 0) is 9.63 Å². The summed E-state index contributed by atoms with van der Waals surface area (Å²) >= 11 is 0. The van der Waals surface area contributed by atoms with Crippen LogP contribution in [0.2, 0.25) is 0 Å². The van der Waals surface area contributed by atoms with Crippen LogP contribution in [0.4, 0.5) is 0 Å². The zero-order valence-corrected chi connectivity index (χ0v) is 11.6. The highest BCUT2D eigenvalue weighted by Gasteiger charge is 2.34. The Balaban J connectivity index is 2.38. The van der Waals surface area contributed by atoms with Gasteiger partial charge in [-0.05, 0) is 46.5 Å². The van der Waals surface area contributed by atoms with Gasteiger partial charge in [-0.3, -0.25) is 0 Å². The molecule has 0 amide bonds. The molecule has 0 spiro atoms. The van der Waals surface area contributed by atoms with Gasteiger partial charge in [0.15, 0.2) is 0 Å². The molecule has 1 saturated heterocycles. The van der Waals surface area contributed by atoms with Crippen LogP contribution in [0.5, 0.6) is 0 Å². The first-order valence-corrected chi connectivity index (χ1v) is 6.57. The molecule has 0 aliphatic carbocycles. The topological polar surface area (TPSA) is 70.0 Å². The van der Waals surface area contributed by atoms with Gasteiger partial charge in [0.1, 0.15) is 0 Å². The number of carbonyl (C=O) groups excluding carboxylic acids is 1. The van der Waals surface area contributed by atoms with Crippen molar-refractivity contribution in [1.82, 2.24) is 5.06 Å². The molecule has 1 aliphatic heterocycles. The summed E-state index contributed by atoms with van der Waals surface area (Å²) in [6.45, 7) is 6.64. The Kier molecular flexibility index (Phi) is 5.13. The zero-order valence-electron chi connectivity index (χ0n) is 11.6. The fourth-order valence-corrected chi connectivity index (χ4v) is 1.91. The van der Waals surface area contributed by atoms with Crippen LogP contribution in [0, 0.1) is 5.41 Å². The molecule has 18 heavy (non-hydrogen) atoms. The van der Waals surface area contributed by atoms with Crippen LogP contribution in [0.15, 0.2) is 0 Å². The van der Waals surface area contributed by atoms with E-state index in [0.29, 0.717) is 38.8 Å². The average molecular weight is 259 g/mol. The highest BCUT2D eigenvalue weighted by atomic mass is 16.7. The third kappa shape index (κ3) is 4.55. The smallest absolute Gasteiger partial charge is 0.330 e. The van der Waals surface area contributed by atoms with Crippen LogP contribution in [-0.4, -0.2) is 46.5 Å². The molecular formula is C13H25NO4. The van der Waals surface area contributed by atoms with Gasteiger partial charge in [0.2, 0.25) is 0 Å². The lowest BCUT2D eigenvalue weighted by molar-refractivity contribution is -0.214. The zero-order chi connectivity index (χ0) is 13.8. The van der Waals surface area contributed by atoms with Crippen molar-refractivity contribution >= 4 is 5.97 Å². The third-order valence-corrected chi connectivity index (χ3v) is 3.28. The molecule has 1 rings (SSSR count). The Morgan fingerprint density at radius 1 is 1.33 bits per heavy atom. The summed E-state index contributed by atoms with van der Waals surface area (Å²) in [7, 11) is 0. The highest BCUT2D eigenvalue weighted by Crippen LogP contribution is 2.27. The van der Waals surface area contributed by atoms with E-state index >= 15 is 0 Å². The summed E-state index contributed by atoms with van der Waals surface area (Å²) in [4.78, 5) is 17.0. The van der Waals surface area contributed by atoms with Crippen molar-refractivity contribution in [3.63, 3.8) is 0 Å². The minimum atomic E-state index is -0.715. The van der Waals surface area contributed by atoms with Gasteiger partial charge in [-0.25, -0.2) is 4.79 Å². The lowest BCUT2D eigenvalue weighted by Crippen LogP contribution is -2.46. The van der Waals surface area contributed by atoms with Crippen molar-refractivity contribution in [2.45, 2.75) is 52.1 Å². The van der Waals surface area contributed by atoms with Crippen LogP contribution in [0.1, 0.15) is 46.5 Å². The second-order valence-electron chi connectivity index (χ2n) is 6.11. The molecule has 1 heterocycles. The number of nitrogens with zero attached hydrogens (tertiary/aromatic N) is 1. The first-order chi connectivity index (χ1) is 8.27. The summed E-state index contributed by atoms with van der Waals surface area (Å²) in [5, 5.41) is 20.6. The van der Waals surface area contributed by atoms with Gasteiger partial charge in [0.25, 0.3) is 0 Å². The number of rotatable bonds is 4. The number of hydrogen-bond acceptors (Lipinski definition) is 5. The molecule has 5 nitrogen and oxygen atoms in total. The van der Waals surface area contributed by atoms with Crippen molar-refractivity contribution in [3.8, 4) is 0 Å². The molecule has 0 aromatic carbocycles. The Morgan fingerprint density at radius 3 is 2.33 bits per heavy atom. The van der Waals surface area contributed by atoms with Gasteiger partial charge < -0.3 is 15.1 Å². The molecule has 0 radical (unpaired) electrons. The SMILES string of the molecule is CC(C)(C)C(=O)ON1CCC(O)(CCCO)CC1. The molecule has 0 aromatic heterocycles. The quantitative estimate of drug-likeness (QED) is 0.791. The molecule has 0 aromatic rings. The van der Waals surface area contributed by atoms with Crippen molar-refractivity contribution in [1.29, 1.82) is 0 Å². The largest absolute Gasteiger partial charge is 0.396 e. The van der Waals surface area contributed by atoms with Crippen LogP contribution in [0.25, 0.3) is 0 Å². The Morgan fingerprint density at radius 2 is 1.89 bits per heavy atom. The van der Waals surface area contributed by atoms with Gasteiger partial charge >= 0.3 is 5.97 Å². The number of hydrogen-bond donors (Lipinski definition) is 2. The van der Waals surface area contributed by atoms with Gasteiger partial charge in [-0.1, -0.05) is 0 Å². The molecule has 1 aliphatic rings. The monoisotopic (exact) mass is 259 g/mol. The number of carbonyl (C=O) groups is 1. The maximum Gasteiger partial charge on any atom is 0.330 e. The highest BCUT2D eigenvalue weighted by molar-refractivity contribution is 5.75. The summed E-state index contributed by atoms with van der Waals surface area (Å²) in [6.07, 6.45) is 2.36. The average Bonchev–Trinajstić information content (AvgIpc) is 2.29. The Labute approximate surface area is 109 Å². The minimum Gasteiger partial charge on any atom is -0.396 e. The van der Waals surface area contributed by atoms with Gasteiger partial charge in [0.05, 0.1) is 11.0 Å². The van der Waals surface area contributed by atoms with Crippen molar-refractivity contribution in [2.24, 2.45) is 5.41 Å². The first kappa shape index (κ1) is 15.4. The number of aliphatic hydroxyl groups excluding tert-OH is 1. The molecule has 0 bridgehead atoms. The summed E-state index contributed by atoms with van der Waals surface area (Å²) in [5.41, 5.74) is -1.22. The normalized spacial score (nSPS) is 20.7. The molecule has 106 valence electrons. The van der Waals surface area contributed by atoms with E-state index in [2.05, 4.69) is 0 Å². The number of hydroxylamine groups is 2. The van der Waals surface area contributed by atoms with Crippen molar-refractivity contribution in [3.05, 3.63) is 0 Å². The van der Waals surface area contributed by atoms with Gasteiger partial charge in [-0.2, -0.15) is 0 Å². The number of piperidine rings is 1. The fourth-order valence-electron chi connectivity index (χ4n) is 1.91. The second-order valence-corrected chi connectivity index (χ2v) is 6.11. The summed E-state index contributed by atoms with van der Waals surface area (Å²) in [5.74, 6) is -0.247. The first-order valence-electron chi connectivity index (χ1n) is 6.57. The summed E-state index contributed by atoms with van der Waals surface area (Å²) in [6, 6.07) is 0. The fraction of sp³-hybridized carbons (Fsp3) is 0.923. The molecule has 0 unspecified atom stereocenters. The predicted octanol–water partition coefficient (Wildman–Crippen LogP) is 1.09. The van der Waals surface area contributed by atoms with Crippen LogP contribution in [0.3, 0.4) is 0 Å². The van der Waals surface area contributed by atoms with E-state index in [0.717, 1.165) is 0 Å². The predicted molar refractivity (Wildman–Crippen MR) is 67.6 cm³/mol. The van der Waals surface area contributed by atoms with E-state index in [1.807, 2.05) is 20.8 Å². The van der Waals surface area contributed by atoms with Gasteiger partial charge in [0, 0.05) is 19.7 Å². The lowest BCUT2D eigenvalue weighted by Gasteiger charge is -2.37. The number of aliphatic hydroxyl groups is 2. The molecule has 0 atom stereocenters. The van der Waals surface area contributed by atoms with Crippen LogP contribution < -0.4 is 0 Å². The minimum absolute atomic E-state index is 0.102. The van der Waals surface area contributed by atoms with Gasteiger partial charge in [-0.15, -0.1) is 5.06 Å². The Hall–Kier alpha value is -0.650. The molecule has 0 saturated carbocycles. The van der Waals surface area contributed by atoms with Crippen LogP contribution >= 0.6 is 0 Å². The standard InChI is InChI=1S/C13H25NO4/c1-12(2,3)11(16)18-14-8-6-13(17,7-9-14)5-4-10-15/h15,17H,4-10H2,1-3H3. The molecule has 2 N–H and O–H groups in total. The van der Waals surface area contributed by atoms with E-state index in [1.165, 1.54) is 0 Å². The molecule has 1 fully saturated rings. The third-order valence-electron chi connectivity index (χ3n) is 3.28. The van der Waals surface area contributed by atoms with E-state index in [4.69, 9.17) is 9.94 Å². The summed E-state index contributed by atoms with van der Waals surface area (Å²) < 4.78 is 0. The maximum absolute atomic E-state index is 11.7. The van der Waals surface area contributed by atoms with E-state index in [1.54, 1.807) is 5.06 Å². The Bertz CT molecular complexity index is 277. The van der Waals surface area contributed by atoms with Crippen molar-refractivity contribution < 1.29 is 19.8 Å². The molecular weight excluding hydrogens is 234 g/mol. The lowest BCUT2D eigenvalue weighted by atomic mass is 9.88.